The summed E-state index contributed by atoms with van der Waals surface area (Å²) < 4.78 is 7.44. The third-order valence-corrected chi connectivity index (χ3v) is 3.33. The summed E-state index contributed by atoms with van der Waals surface area (Å²) >= 11 is 0. The van der Waals surface area contributed by atoms with E-state index in [-0.39, 0.29) is 6.10 Å². The number of aliphatic hydroxyl groups is 1. The van der Waals surface area contributed by atoms with Crippen molar-refractivity contribution >= 4 is 0 Å². The highest BCUT2D eigenvalue weighted by molar-refractivity contribution is 5.05. The van der Waals surface area contributed by atoms with E-state index in [0.717, 1.165) is 38.0 Å². The Morgan fingerprint density at radius 2 is 2.53 bits per heavy atom. The van der Waals surface area contributed by atoms with Gasteiger partial charge < -0.3 is 9.84 Å². The maximum atomic E-state index is 9.95. The van der Waals surface area contributed by atoms with Gasteiger partial charge in [-0.2, -0.15) is 5.10 Å². The second-order valence-corrected chi connectivity index (χ2v) is 4.77. The number of aromatic nitrogens is 2. The van der Waals surface area contributed by atoms with Crippen molar-refractivity contribution in [3.63, 3.8) is 0 Å². The maximum Gasteiger partial charge on any atom is 0.0582 e. The minimum absolute atomic E-state index is 0.270. The molecule has 0 radical (unpaired) electrons. The summed E-state index contributed by atoms with van der Waals surface area (Å²) in [7, 11) is 0. The van der Waals surface area contributed by atoms with Gasteiger partial charge in [-0.15, -0.1) is 0 Å². The van der Waals surface area contributed by atoms with E-state index in [2.05, 4.69) is 12.0 Å². The number of nitrogens with zero attached hydrogens (tertiary/aromatic N) is 2. The van der Waals surface area contributed by atoms with Crippen molar-refractivity contribution in [2.24, 2.45) is 0 Å². The zero-order chi connectivity index (χ0) is 12.1. The van der Waals surface area contributed by atoms with Gasteiger partial charge in [0.05, 0.1) is 18.4 Å². The summed E-state index contributed by atoms with van der Waals surface area (Å²) in [5.74, 6) is 0. The van der Waals surface area contributed by atoms with Crippen LogP contribution >= 0.6 is 0 Å². The molecule has 2 rings (SSSR count). The Hall–Kier alpha value is -0.870. The summed E-state index contributed by atoms with van der Waals surface area (Å²) in [6.07, 6.45) is 8.79. The molecule has 0 aromatic carbocycles. The van der Waals surface area contributed by atoms with Gasteiger partial charge in [0.15, 0.2) is 0 Å². The molecule has 0 aliphatic carbocycles. The van der Waals surface area contributed by atoms with Crippen LogP contribution in [0.15, 0.2) is 12.4 Å². The molecule has 1 aromatic rings. The summed E-state index contributed by atoms with van der Waals surface area (Å²) in [6, 6.07) is 0. The van der Waals surface area contributed by atoms with Gasteiger partial charge in [-0.1, -0.05) is 0 Å². The second kappa shape index (κ2) is 6.17. The van der Waals surface area contributed by atoms with Crippen LogP contribution in [0.3, 0.4) is 0 Å². The van der Waals surface area contributed by atoms with Crippen LogP contribution in [-0.2, 0) is 17.7 Å². The van der Waals surface area contributed by atoms with Crippen molar-refractivity contribution in [1.82, 2.24) is 9.78 Å². The third kappa shape index (κ3) is 3.82. The number of hydrogen-bond donors (Lipinski definition) is 1. The molecular weight excluding hydrogens is 216 g/mol. The van der Waals surface area contributed by atoms with E-state index in [1.807, 2.05) is 17.1 Å². The maximum absolute atomic E-state index is 9.95. The Bertz CT molecular complexity index is 332. The molecule has 1 saturated heterocycles. The molecule has 96 valence electrons. The van der Waals surface area contributed by atoms with E-state index in [1.165, 1.54) is 6.42 Å². The molecule has 0 bridgehead atoms. The average Bonchev–Trinajstić information content (AvgIpc) is 2.97. The standard InChI is InChI=1S/C13H22N2O2/c1-2-15-10-11(9-14-15)8-12(16)5-6-13-4-3-7-17-13/h9-10,12-13,16H,2-8H2,1H3. The van der Waals surface area contributed by atoms with E-state index in [0.29, 0.717) is 12.5 Å². The highest BCUT2D eigenvalue weighted by Gasteiger charge is 2.17. The van der Waals surface area contributed by atoms with Gasteiger partial charge in [-0.3, -0.25) is 4.68 Å². The summed E-state index contributed by atoms with van der Waals surface area (Å²) in [5.41, 5.74) is 1.12. The van der Waals surface area contributed by atoms with E-state index in [9.17, 15) is 5.11 Å². The van der Waals surface area contributed by atoms with Gasteiger partial charge in [0.1, 0.15) is 0 Å². The fourth-order valence-corrected chi connectivity index (χ4v) is 2.31. The van der Waals surface area contributed by atoms with Crippen LogP contribution in [-0.4, -0.2) is 33.7 Å². The van der Waals surface area contributed by atoms with Crippen LogP contribution in [0.1, 0.15) is 38.2 Å². The van der Waals surface area contributed by atoms with Crippen molar-refractivity contribution in [1.29, 1.82) is 0 Å². The first kappa shape index (κ1) is 12.6. The molecular formula is C13H22N2O2. The Kier molecular flexibility index (Phi) is 4.57. The smallest absolute Gasteiger partial charge is 0.0582 e. The summed E-state index contributed by atoms with van der Waals surface area (Å²) in [6.45, 7) is 3.83. The predicted molar refractivity (Wildman–Crippen MR) is 65.8 cm³/mol. The van der Waals surface area contributed by atoms with Gasteiger partial charge in [0, 0.05) is 25.8 Å². The van der Waals surface area contributed by atoms with E-state index in [1.54, 1.807) is 0 Å². The van der Waals surface area contributed by atoms with Crippen molar-refractivity contribution < 1.29 is 9.84 Å². The summed E-state index contributed by atoms with van der Waals surface area (Å²) in [4.78, 5) is 0. The molecule has 1 aliphatic heterocycles. The number of ether oxygens (including phenoxy) is 1. The molecule has 2 unspecified atom stereocenters. The fourth-order valence-electron chi connectivity index (χ4n) is 2.31. The van der Waals surface area contributed by atoms with Crippen LogP contribution in [0.25, 0.3) is 0 Å². The SMILES string of the molecule is CCn1cc(CC(O)CCC2CCCO2)cn1. The topological polar surface area (TPSA) is 47.3 Å². The second-order valence-electron chi connectivity index (χ2n) is 4.77. The quantitative estimate of drug-likeness (QED) is 0.821. The van der Waals surface area contributed by atoms with Crippen LogP contribution < -0.4 is 0 Å². The Balaban J connectivity index is 1.70. The lowest BCUT2D eigenvalue weighted by atomic mass is 10.0. The molecule has 4 heteroatoms. The van der Waals surface area contributed by atoms with Crippen molar-refractivity contribution in [2.45, 2.75) is 57.8 Å². The lowest BCUT2D eigenvalue weighted by molar-refractivity contribution is 0.0813. The lowest BCUT2D eigenvalue weighted by Gasteiger charge is -2.12. The Labute approximate surface area is 103 Å². The highest BCUT2D eigenvalue weighted by atomic mass is 16.5. The molecule has 1 aliphatic rings. The van der Waals surface area contributed by atoms with Gasteiger partial charge >= 0.3 is 0 Å². The number of hydrogen-bond acceptors (Lipinski definition) is 3. The largest absolute Gasteiger partial charge is 0.393 e. The first-order chi connectivity index (χ1) is 8.28. The first-order valence-electron chi connectivity index (χ1n) is 6.59. The van der Waals surface area contributed by atoms with Crippen LogP contribution in [0.4, 0.5) is 0 Å². The minimum atomic E-state index is -0.270. The zero-order valence-electron chi connectivity index (χ0n) is 10.5. The van der Waals surface area contributed by atoms with Crippen LogP contribution in [0.2, 0.25) is 0 Å². The molecule has 0 saturated carbocycles. The molecule has 17 heavy (non-hydrogen) atoms. The van der Waals surface area contributed by atoms with Gasteiger partial charge in [0.2, 0.25) is 0 Å². The van der Waals surface area contributed by atoms with Crippen LogP contribution in [0.5, 0.6) is 0 Å². The molecule has 1 aromatic heterocycles. The molecule has 1 N–H and O–H groups in total. The molecule has 2 heterocycles. The lowest BCUT2D eigenvalue weighted by Crippen LogP contribution is -2.14. The predicted octanol–water partition coefficient (Wildman–Crippen LogP) is 1.77. The summed E-state index contributed by atoms with van der Waals surface area (Å²) in [5, 5.41) is 14.2. The van der Waals surface area contributed by atoms with Gasteiger partial charge in [0.25, 0.3) is 0 Å². The molecule has 0 amide bonds. The zero-order valence-corrected chi connectivity index (χ0v) is 10.5. The molecule has 1 fully saturated rings. The van der Waals surface area contributed by atoms with Crippen molar-refractivity contribution in [2.75, 3.05) is 6.61 Å². The van der Waals surface area contributed by atoms with Gasteiger partial charge in [-0.25, -0.2) is 0 Å². The molecule has 0 spiro atoms. The fraction of sp³-hybridized carbons (Fsp3) is 0.769. The average molecular weight is 238 g/mol. The number of aryl methyl sites for hydroxylation is 1. The third-order valence-electron chi connectivity index (χ3n) is 3.33. The van der Waals surface area contributed by atoms with Gasteiger partial charge in [-0.05, 0) is 38.2 Å². The van der Waals surface area contributed by atoms with E-state index in [4.69, 9.17) is 4.74 Å². The van der Waals surface area contributed by atoms with Crippen molar-refractivity contribution in [3.05, 3.63) is 18.0 Å². The number of rotatable bonds is 6. The minimum Gasteiger partial charge on any atom is -0.393 e. The first-order valence-corrected chi connectivity index (χ1v) is 6.59. The van der Waals surface area contributed by atoms with E-state index >= 15 is 0 Å². The Morgan fingerprint density at radius 1 is 1.65 bits per heavy atom. The Morgan fingerprint density at radius 3 is 3.18 bits per heavy atom. The van der Waals surface area contributed by atoms with Crippen LogP contribution in [0, 0.1) is 0 Å². The van der Waals surface area contributed by atoms with Crippen molar-refractivity contribution in [3.8, 4) is 0 Å². The molecule has 4 nitrogen and oxygen atoms in total. The molecule has 2 atom stereocenters. The normalized spacial score (nSPS) is 21.9. The monoisotopic (exact) mass is 238 g/mol. The highest BCUT2D eigenvalue weighted by Crippen LogP contribution is 2.18. The van der Waals surface area contributed by atoms with E-state index < -0.39 is 0 Å². The number of aliphatic hydroxyl groups excluding tert-OH is 1.